The summed E-state index contributed by atoms with van der Waals surface area (Å²) in [5, 5.41) is 0. The summed E-state index contributed by atoms with van der Waals surface area (Å²) in [5.74, 6) is 6.92. The average Bonchev–Trinajstić information content (AvgIpc) is 2.19. The zero-order chi connectivity index (χ0) is 8.43. The van der Waals surface area contributed by atoms with Crippen molar-refractivity contribution in [2.24, 2.45) is 0 Å². The highest BCUT2D eigenvalue weighted by atomic mass is 15.4. The Morgan fingerprint density at radius 1 is 1.55 bits per heavy atom. The van der Waals surface area contributed by atoms with Crippen LogP contribution in [-0.2, 0) is 6.42 Å². The Labute approximate surface area is 66.2 Å². The highest BCUT2D eigenvalue weighted by molar-refractivity contribution is 5.38. The number of nitrogens with two attached hydrogens (primary N) is 2. The summed E-state index contributed by atoms with van der Waals surface area (Å²) in [6, 6.07) is 0. The molecule has 11 heavy (non-hydrogen) atoms. The maximum Gasteiger partial charge on any atom is 0.145 e. The van der Waals surface area contributed by atoms with E-state index >= 15 is 0 Å². The fraction of sp³-hybridized carbons (Fsp3) is 0.571. The molecular weight excluding hydrogens is 140 g/mol. The maximum atomic E-state index is 5.66. The molecule has 0 aliphatic carbocycles. The van der Waals surface area contributed by atoms with Gasteiger partial charge in [-0.3, -0.25) is 0 Å². The minimum absolute atomic E-state index is 0.587. The van der Waals surface area contributed by atoms with Crippen LogP contribution in [0.15, 0.2) is 0 Å². The van der Waals surface area contributed by atoms with Crippen LogP contribution in [0, 0.1) is 6.92 Å². The van der Waals surface area contributed by atoms with E-state index in [0.717, 1.165) is 24.4 Å². The molecule has 0 aromatic carbocycles. The largest absolute Gasteiger partial charge is 0.382 e. The summed E-state index contributed by atoms with van der Waals surface area (Å²) in [5.41, 5.74) is 6.57. The van der Waals surface area contributed by atoms with E-state index in [1.807, 2.05) is 6.92 Å². The molecule has 4 heteroatoms. The lowest BCUT2D eigenvalue weighted by Gasteiger charge is -1.97. The first-order chi connectivity index (χ1) is 5.16. The van der Waals surface area contributed by atoms with Gasteiger partial charge in [0.15, 0.2) is 0 Å². The molecule has 0 atom stereocenters. The smallest absolute Gasteiger partial charge is 0.145 e. The lowest BCUT2D eigenvalue weighted by atomic mass is 10.2. The quantitative estimate of drug-likeness (QED) is 0.607. The molecule has 0 spiro atoms. The van der Waals surface area contributed by atoms with Crippen molar-refractivity contribution in [2.45, 2.75) is 26.7 Å². The summed E-state index contributed by atoms with van der Waals surface area (Å²) in [6.45, 7) is 3.93. The topological polar surface area (TPSA) is 69.9 Å². The SMILES string of the molecule is CCCc1nc(C)n(N)c1N. The standard InChI is InChI=1S/C7H14N4/c1-3-4-6-7(8)11(9)5(2)10-6/h3-4,8-9H2,1-2H3. The number of rotatable bonds is 2. The first-order valence-electron chi connectivity index (χ1n) is 3.75. The molecule has 1 aromatic rings. The number of imidazole rings is 1. The Morgan fingerprint density at radius 3 is 2.55 bits per heavy atom. The molecule has 4 nitrogen and oxygen atoms in total. The first-order valence-corrected chi connectivity index (χ1v) is 3.75. The van der Waals surface area contributed by atoms with Gasteiger partial charge in [0, 0.05) is 0 Å². The van der Waals surface area contributed by atoms with Crippen LogP contribution < -0.4 is 11.6 Å². The van der Waals surface area contributed by atoms with E-state index in [0.29, 0.717) is 5.82 Å². The van der Waals surface area contributed by atoms with Crippen molar-refractivity contribution in [3.8, 4) is 0 Å². The van der Waals surface area contributed by atoms with Gasteiger partial charge in [-0.25, -0.2) is 9.66 Å². The van der Waals surface area contributed by atoms with E-state index in [9.17, 15) is 0 Å². The Kier molecular flexibility index (Phi) is 2.03. The molecule has 1 aromatic heterocycles. The van der Waals surface area contributed by atoms with Crippen molar-refractivity contribution in [3.05, 3.63) is 11.5 Å². The number of nitrogens with zero attached hydrogens (tertiary/aromatic N) is 2. The van der Waals surface area contributed by atoms with Crippen LogP contribution in [-0.4, -0.2) is 9.66 Å². The highest BCUT2D eigenvalue weighted by Crippen LogP contribution is 2.11. The van der Waals surface area contributed by atoms with E-state index in [1.165, 1.54) is 4.68 Å². The van der Waals surface area contributed by atoms with Gasteiger partial charge in [-0.05, 0) is 13.3 Å². The van der Waals surface area contributed by atoms with Crippen molar-refractivity contribution in [2.75, 3.05) is 11.6 Å². The van der Waals surface area contributed by atoms with Crippen LogP contribution in [0.2, 0.25) is 0 Å². The number of hydrogen-bond acceptors (Lipinski definition) is 3. The van der Waals surface area contributed by atoms with Gasteiger partial charge in [0.1, 0.15) is 11.6 Å². The minimum atomic E-state index is 0.587. The lowest BCUT2D eigenvalue weighted by molar-refractivity contribution is 0.889. The Bertz CT molecular complexity index is 251. The first kappa shape index (κ1) is 7.91. The molecule has 0 saturated heterocycles. The van der Waals surface area contributed by atoms with Crippen LogP contribution in [0.3, 0.4) is 0 Å². The van der Waals surface area contributed by atoms with Crippen molar-refractivity contribution in [1.29, 1.82) is 0 Å². The Balaban J connectivity index is 2.98. The minimum Gasteiger partial charge on any atom is -0.382 e. The predicted octanol–water partition coefficient (Wildman–Crippen LogP) is 0.440. The van der Waals surface area contributed by atoms with Crippen molar-refractivity contribution < 1.29 is 0 Å². The van der Waals surface area contributed by atoms with Crippen molar-refractivity contribution in [1.82, 2.24) is 9.66 Å². The molecule has 0 aliphatic heterocycles. The zero-order valence-corrected chi connectivity index (χ0v) is 6.96. The molecule has 1 rings (SSSR count). The zero-order valence-electron chi connectivity index (χ0n) is 6.96. The second-order valence-corrected chi connectivity index (χ2v) is 2.61. The third-order valence-electron chi connectivity index (χ3n) is 1.69. The second kappa shape index (κ2) is 2.82. The van der Waals surface area contributed by atoms with Gasteiger partial charge < -0.3 is 11.6 Å². The highest BCUT2D eigenvalue weighted by Gasteiger charge is 2.07. The van der Waals surface area contributed by atoms with Crippen LogP contribution in [0.4, 0.5) is 5.82 Å². The predicted molar refractivity (Wildman–Crippen MR) is 45.5 cm³/mol. The number of hydrogen-bond donors (Lipinski definition) is 2. The van der Waals surface area contributed by atoms with Gasteiger partial charge >= 0.3 is 0 Å². The van der Waals surface area contributed by atoms with Crippen molar-refractivity contribution in [3.63, 3.8) is 0 Å². The molecule has 0 saturated carbocycles. The molecule has 0 aliphatic rings. The molecule has 0 fully saturated rings. The van der Waals surface area contributed by atoms with Gasteiger partial charge in [0.05, 0.1) is 5.69 Å². The normalized spacial score (nSPS) is 10.4. The maximum absolute atomic E-state index is 5.66. The number of nitrogen functional groups attached to an aromatic ring is 2. The molecule has 0 bridgehead atoms. The summed E-state index contributed by atoms with van der Waals surface area (Å²) < 4.78 is 1.42. The fourth-order valence-corrected chi connectivity index (χ4v) is 1.04. The molecule has 62 valence electrons. The Morgan fingerprint density at radius 2 is 2.18 bits per heavy atom. The molecule has 0 radical (unpaired) electrons. The molecule has 0 unspecified atom stereocenters. The van der Waals surface area contributed by atoms with E-state index < -0.39 is 0 Å². The summed E-state index contributed by atoms with van der Waals surface area (Å²) >= 11 is 0. The molecule has 1 heterocycles. The van der Waals surface area contributed by atoms with E-state index in [-0.39, 0.29) is 0 Å². The fourth-order valence-electron chi connectivity index (χ4n) is 1.04. The third kappa shape index (κ3) is 1.29. The number of aromatic nitrogens is 2. The van der Waals surface area contributed by atoms with Gasteiger partial charge in [0.25, 0.3) is 0 Å². The van der Waals surface area contributed by atoms with Crippen LogP contribution in [0.1, 0.15) is 24.9 Å². The Hall–Kier alpha value is -1.19. The van der Waals surface area contributed by atoms with Gasteiger partial charge in [-0.2, -0.15) is 0 Å². The van der Waals surface area contributed by atoms with Crippen molar-refractivity contribution >= 4 is 5.82 Å². The van der Waals surface area contributed by atoms with E-state index in [4.69, 9.17) is 11.6 Å². The summed E-state index contributed by atoms with van der Waals surface area (Å²) in [6.07, 6.45) is 1.94. The summed E-state index contributed by atoms with van der Waals surface area (Å²) in [4.78, 5) is 4.21. The van der Waals surface area contributed by atoms with E-state index in [2.05, 4.69) is 11.9 Å². The van der Waals surface area contributed by atoms with E-state index in [1.54, 1.807) is 0 Å². The van der Waals surface area contributed by atoms with Gasteiger partial charge in [0.2, 0.25) is 0 Å². The second-order valence-electron chi connectivity index (χ2n) is 2.61. The van der Waals surface area contributed by atoms with Gasteiger partial charge in [-0.1, -0.05) is 13.3 Å². The number of anilines is 1. The van der Waals surface area contributed by atoms with Crippen LogP contribution in [0.5, 0.6) is 0 Å². The molecular formula is C7H14N4. The summed E-state index contributed by atoms with van der Waals surface area (Å²) in [7, 11) is 0. The lowest BCUT2D eigenvalue weighted by Crippen LogP contribution is -2.13. The van der Waals surface area contributed by atoms with Crippen LogP contribution >= 0.6 is 0 Å². The van der Waals surface area contributed by atoms with Crippen LogP contribution in [0.25, 0.3) is 0 Å². The monoisotopic (exact) mass is 154 g/mol. The van der Waals surface area contributed by atoms with Gasteiger partial charge in [-0.15, -0.1) is 0 Å². The molecule has 0 amide bonds. The third-order valence-corrected chi connectivity index (χ3v) is 1.69. The average molecular weight is 154 g/mol. The number of aryl methyl sites for hydroxylation is 2. The molecule has 4 N–H and O–H groups in total.